The lowest BCUT2D eigenvalue weighted by molar-refractivity contribution is -0.211. The van der Waals surface area contributed by atoms with Crippen molar-refractivity contribution in [2.24, 2.45) is 5.73 Å². The van der Waals surface area contributed by atoms with E-state index in [1.54, 1.807) is 36.4 Å². The average Bonchev–Trinajstić information content (AvgIpc) is 3.64. The molecule has 228 valence electrons. The van der Waals surface area contributed by atoms with Gasteiger partial charge < -0.3 is 15.8 Å². The molecule has 0 aromatic heterocycles. The molecule has 0 radical (unpaired) electrons. The molecule has 42 heavy (non-hydrogen) atoms. The van der Waals surface area contributed by atoms with E-state index >= 15 is 0 Å². The van der Waals surface area contributed by atoms with Gasteiger partial charge in [-0.1, -0.05) is 48.5 Å². The van der Waals surface area contributed by atoms with Gasteiger partial charge in [0.2, 0.25) is 11.8 Å². The molecular formula is C29H31F6N3O4. The maximum atomic E-state index is 14.6. The zero-order valence-electron chi connectivity index (χ0n) is 22.8. The number of nitrogens with one attached hydrogen (secondary N) is 2. The van der Waals surface area contributed by atoms with E-state index in [0.29, 0.717) is 18.4 Å². The predicted molar refractivity (Wildman–Crippen MR) is 140 cm³/mol. The van der Waals surface area contributed by atoms with E-state index in [1.165, 1.54) is 12.1 Å². The molecule has 2 aromatic rings. The van der Waals surface area contributed by atoms with E-state index in [0.717, 1.165) is 25.0 Å². The Hall–Kier alpha value is -3.45. The number of alkyl halides is 6. The first-order chi connectivity index (χ1) is 19.5. The summed E-state index contributed by atoms with van der Waals surface area (Å²) in [5.74, 6) is -2.68. The van der Waals surface area contributed by atoms with Crippen LogP contribution < -0.4 is 16.4 Å². The minimum atomic E-state index is -4.97. The molecule has 2 amide bonds. The number of rotatable bonds is 11. The normalized spacial score (nSPS) is 21.7. The Morgan fingerprint density at radius 3 is 2.00 bits per heavy atom. The van der Waals surface area contributed by atoms with Crippen molar-refractivity contribution >= 4 is 17.6 Å². The standard InChI is InChI=1S/C29H31F6N3O4/c1-27(2,32)13-19(25(40)38-22-20(39)14-42-23(22)29(33,34)35)37-21(24(30)31)17-5-3-15(4-6-17)16-7-9-18(10-8-16)28(11-12-28)26(36)41/h3-10,19,21-24,37H,11-14H2,1-2H3,(H2,36,41)(H,38,40)/t19-,21-,22+,23+/m0/s1. The van der Waals surface area contributed by atoms with Crippen LogP contribution in [0.3, 0.4) is 0 Å². The molecule has 7 nitrogen and oxygen atoms in total. The van der Waals surface area contributed by atoms with Crippen molar-refractivity contribution in [3.63, 3.8) is 0 Å². The number of nitrogens with two attached hydrogens (primary N) is 1. The third-order valence-corrected chi connectivity index (χ3v) is 7.58. The van der Waals surface area contributed by atoms with Crippen LogP contribution in [0.5, 0.6) is 0 Å². The maximum absolute atomic E-state index is 14.6. The molecule has 4 N–H and O–H groups in total. The molecular weight excluding hydrogens is 568 g/mol. The lowest BCUT2D eigenvalue weighted by Gasteiger charge is -2.30. The second-order valence-electron chi connectivity index (χ2n) is 11.3. The van der Waals surface area contributed by atoms with Crippen molar-refractivity contribution < 1.29 is 45.5 Å². The van der Waals surface area contributed by atoms with Crippen molar-refractivity contribution in [3.8, 4) is 11.1 Å². The van der Waals surface area contributed by atoms with Gasteiger partial charge in [-0.3, -0.25) is 19.7 Å². The summed E-state index contributed by atoms with van der Waals surface area (Å²) >= 11 is 0. The molecule has 1 aliphatic heterocycles. The molecule has 0 unspecified atom stereocenters. The third kappa shape index (κ3) is 6.95. The fourth-order valence-corrected chi connectivity index (χ4v) is 5.13. The summed E-state index contributed by atoms with van der Waals surface area (Å²) in [5.41, 5.74) is 5.04. The van der Waals surface area contributed by atoms with Crippen molar-refractivity contribution in [1.82, 2.24) is 10.6 Å². The second-order valence-corrected chi connectivity index (χ2v) is 11.3. The predicted octanol–water partition coefficient (Wildman–Crippen LogP) is 4.29. The molecule has 1 aliphatic carbocycles. The number of benzene rings is 2. The Balaban J connectivity index is 1.52. The molecule has 4 rings (SSSR count). The highest BCUT2D eigenvalue weighted by atomic mass is 19.4. The van der Waals surface area contributed by atoms with Gasteiger partial charge in [-0.2, -0.15) is 13.2 Å². The molecule has 2 aliphatic rings. The van der Waals surface area contributed by atoms with Crippen molar-refractivity contribution in [2.75, 3.05) is 6.61 Å². The number of amides is 2. The molecule has 0 bridgehead atoms. The van der Waals surface area contributed by atoms with Gasteiger partial charge in [-0.05, 0) is 48.9 Å². The molecule has 1 saturated heterocycles. The van der Waals surface area contributed by atoms with E-state index in [2.05, 4.69) is 10.1 Å². The molecule has 2 fully saturated rings. The SMILES string of the molecule is CC(C)(F)C[C@H](N[C@@H](c1ccc(-c2ccc(C3(C(N)=O)CC3)cc2)cc1)C(F)F)C(=O)N[C@@H]1C(=O)CO[C@H]1C(F)(F)F. The van der Waals surface area contributed by atoms with Crippen LogP contribution in [0.4, 0.5) is 26.3 Å². The molecule has 1 heterocycles. The van der Waals surface area contributed by atoms with Crippen molar-refractivity contribution in [1.29, 1.82) is 0 Å². The van der Waals surface area contributed by atoms with Crippen molar-refractivity contribution in [2.45, 2.75) is 81.0 Å². The lowest BCUT2D eigenvalue weighted by Crippen LogP contribution is -2.56. The van der Waals surface area contributed by atoms with Gasteiger partial charge in [0.15, 0.2) is 11.9 Å². The zero-order chi connectivity index (χ0) is 31.0. The van der Waals surface area contributed by atoms with Gasteiger partial charge >= 0.3 is 6.18 Å². The fraction of sp³-hybridized carbons (Fsp3) is 0.483. The quantitative estimate of drug-likeness (QED) is 0.334. The highest BCUT2D eigenvalue weighted by Gasteiger charge is 2.53. The number of carbonyl (C=O) groups is 3. The van der Waals surface area contributed by atoms with Crippen molar-refractivity contribution in [3.05, 3.63) is 59.7 Å². The summed E-state index contributed by atoms with van der Waals surface area (Å²) in [4.78, 5) is 36.8. The van der Waals surface area contributed by atoms with Gasteiger partial charge in [-0.15, -0.1) is 0 Å². The van der Waals surface area contributed by atoms with Crippen LogP contribution in [0.1, 0.15) is 50.3 Å². The number of carbonyl (C=O) groups excluding carboxylic acids is 3. The van der Waals surface area contributed by atoms with E-state index in [9.17, 15) is 40.7 Å². The van der Waals surface area contributed by atoms with Gasteiger partial charge in [-0.25, -0.2) is 13.2 Å². The summed E-state index contributed by atoms with van der Waals surface area (Å²) in [7, 11) is 0. The second kappa shape index (κ2) is 11.7. The van der Waals surface area contributed by atoms with Crippen LogP contribution in [0.15, 0.2) is 48.5 Å². The molecule has 4 atom stereocenters. The van der Waals surface area contributed by atoms with Gasteiger partial charge in [0.1, 0.15) is 18.3 Å². The number of halogens is 6. The summed E-state index contributed by atoms with van der Waals surface area (Å²) < 4.78 is 87.4. The molecule has 2 aromatic carbocycles. The first-order valence-corrected chi connectivity index (χ1v) is 13.3. The Labute approximate surface area is 238 Å². The van der Waals surface area contributed by atoms with E-state index in [1.807, 2.05) is 5.32 Å². The maximum Gasteiger partial charge on any atom is 0.417 e. The number of hydrogen-bond donors (Lipinski definition) is 3. The van der Waals surface area contributed by atoms with E-state index in [-0.39, 0.29) is 5.56 Å². The largest absolute Gasteiger partial charge is 0.417 e. The highest BCUT2D eigenvalue weighted by Crippen LogP contribution is 2.48. The van der Waals surface area contributed by atoms with E-state index < -0.39 is 78.5 Å². The third-order valence-electron chi connectivity index (χ3n) is 7.58. The summed E-state index contributed by atoms with van der Waals surface area (Å²) in [5, 5.41) is 4.31. The number of primary amides is 1. The van der Waals surface area contributed by atoms with Crippen LogP contribution in [0.2, 0.25) is 0 Å². The average molecular weight is 600 g/mol. The summed E-state index contributed by atoms with van der Waals surface area (Å²) in [6.07, 6.45) is -9.99. The van der Waals surface area contributed by atoms with Crippen LogP contribution in [0.25, 0.3) is 11.1 Å². The molecule has 0 spiro atoms. The monoisotopic (exact) mass is 599 g/mol. The van der Waals surface area contributed by atoms with Crippen LogP contribution in [-0.2, 0) is 24.5 Å². The highest BCUT2D eigenvalue weighted by molar-refractivity contribution is 5.93. The number of Topliss-reactive ketones (excluding diaryl/α,β-unsaturated/α-hetero) is 1. The van der Waals surface area contributed by atoms with Crippen LogP contribution in [-0.4, -0.2) is 60.7 Å². The molecule has 1 saturated carbocycles. The van der Waals surface area contributed by atoms with Gasteiger partial charge in [0, 0.05) is 6.42 Å². The number of ether oxygens (including phenoxy) is 1. The van der Waals surface area contributed by atoms with Crippen LogP contribution in [0, 0.1) is 0 Å². The summed E-state index contributed by atoms with van der Waals surface area (Å²) in [6, 6.07) is 7.47. The Bertz CT molecular complexity index is 1300. The molecule has 13 heteroatoms. The first-order valence-electron chi connectivity index (χ1n) is 13.3. The zero-order valence-corrected chi connectivity index (χ0v) is 22.8. The van der Waals surface area contributed by atoms with E-state index in [4.69, 9.17) is 5.73 Å². The lowest BCUT2D eigenvalue weighted by atomic mass is 9.92. The number of ketones is 1. The smallest absolute Gasteiger partial charge is 0.369 e. The fourth-order valence-electron chi connectivity index (χ4n) is 5.13. The van der Waals surface area contributed by atoms with Gasteiger partial charge in [0.25, 0.3) is 6.43 Å². The number of hydrogen-bond acceptors (Lipinski definition) is 5. The minimum absolute atomic E-state index is 0.0407. The van der Waals surface area contributed by atoms with Crippen LogP contribution >= 0.6 is 0 Å². The Kier molecular flexibility index (Phi) is 8.75. The Morgan fingerprint density at radius 1 is 1.00 bits per heavy atom. The topological polar surface area (TPSA) is 111 Å². The van der Waals surface area contributed by atoms with Gasteiger partial charge in [0.05, 0.1) is 17.5 Å². The Morgan fingerprint density at radius 2 is 1.55 bits per heavy atom. The summed E-state index contributed by atoms with van der Waals surface area (Å²) in [6.45, 7) is 1.29. The minimum Gasteiger partial charge on any atom is -0.369 e. The first kappa shape index (κ1) is 31.5.